The molecule has 4 heterocycles. The van der Waals surface area contributed by atoms with E-state index >= 15 is 0 Å². The summed E-state index contributed by atoms with van der Waals surface area (Å²) in [5, 5.41) is 6.62. The van der Waals surface area contributed by atoms with Crippen LogP contribution in [0, 0.1) is 13.8 Å². The Morgan fingerprint density at radius 1 is 1.23 bits per heavy atom. The number of carbonyl (C=O) groups is 2. The highest BCUT2D eigenvalue weighted by atomic mass is 32.2. The van der Waals surface area contributed by atoms with Crippen molar-refractivity contribution in [2.45, 2.75) is 31.2 Å². The third-order valence-corrected chi connectivity index (χ3v) is 6.96. The molecule has 9 nitrogen and oxygen atoms in total. The van der Waals surface area contributed by atoms with Gasteiger partial charge < -0.3 is 0 Å². The molecule has 1 unspecified atom stereocenters. The highest BCUT2D eigenvalue weighted by molar-refractivity contribution is 7.89. The Hall–Kier alpha value is -2.59. The fourth-order valence-electron chi connectivity index (χ4n) is 3.61. The lowest BCUT2D eigenvalue weighted by atomic mass is 10.2. The lowest BCUT2D eigenvalue weighted by molar-refractivity contribution is 0.0591. The molecule has 0 spiro atoms. The minimum Gasteiger partial charge on any atom is -0.281 e. The van der Waals surface area contributed by atoms with Crippen molar-refractivity contribution < 1.29 is 18.0 Å². The Labute approximate surface area is 150 Å². The molecule has 2 aromatic rings. The number of hydrogen-bond donors (Lipinski definition) is 1. The SMILES string of the molecule is Cc1n[nH]c(C)c1S(=O)(=O)N1CCC(N2C(=O)c3cccnc3C2=O)C1. The number of nitrogens with one attached hydrogen (secondary N) is 1. The third-order valence-electron chi connectivity index (χ3n) is 4.83. The highest BCUT2D eigenvalue weighted by Crippen LogP contribution is 2.30. The van der Waals surface area contributed by atoms with E-state index in [0.29, 0.717) is 17.8 Å². The highest BCUT2D eigenvalue weighted by Gasteiger charge is 2.45. The fraction of sp³-hybridized carbons (Fsp3) is 0.375. The van der Waals surface area contributed by atoms with Crippen molar-refractivity contribution >= 4 is 21.8 Å². The normalized spacial score (nSPS) is 20.8. The molecule has 0 aromatic carbocycles. The smallest absolute Gasteiger partial charge is 0.280 e. The molecule has 1 N–H and O–H groups in total. The summed E-state index contributed by atoms with van der Waals surface area (Å²) in [6.45, 7) is 3.58. The van der Waals surface area contributed by atoms with E-state index in [1.807, 2.05) is 0 Å². The van der Waals surface area contributed by atoms with Gasteiger partial charge in [-0.25, -0.2) is 8.42 Å². The van der Waals surface area contributed by atoms with E-state index < -0.39 is 27.9 Å². The van der Waals surface area contributed by atoms with Crippen molar-refractivity contribution in [2.75, 3.05) is 13.1 Å². The maximum atomic E-state index is 12.9. The van der Waals surface area contributed by atoms with Crippen LogP contribution in [0.3, 0.4) is 0 Å². The zero-order valence-electron chi connectivity index (χ0n) is 14.3. The molecule has 2 aliphatic rings. The van der Waals surface area contributed by atoms with E-state index in [1.54, 1.807) is 26.0 Å². The predicted octanol–water partition coefficient (Wildman–Crippen LogP) is 0.481. The zero-order chi connectivity index (χ0) is 18.6. The maximum absolute atomic E-state index is 12.9. The number of rotatable bonds is 3. The minimum atomic E-state index is -3.75. The predicted molar refractivity (Wildman–Crippen MR) is 90.0 cm³/mol. The van der Waals surface area contributed by atoms with Gasteiger partial charge in [-0.3, -0.25) is 24.6 Å². The van der Waals surface area contributed by atoms with Crippen molar-refractivity contribution in [1.29, 1.82) is 0 Å². The number of aromatic nitrogens is 3. The van der Waals surface area contributed by atoms with Gasteiger partial charge in [-0.15, -0.1) is 0 Å². The molecule has 4 rings (SSSR count). The Morgan fingerprint density at radius 2 is 2.00 bits per heavy atom. The first kappa shape index (κ1) is 16.9. The summed E-state index contributed by atoms with van der Waals surface area (Å²) in [5.74, 6) is -0.886. The van der Waals surface area contributed by atoms with Crippen LogP contribution in [0.15, 0.2) is 23.2 Å². The number of imide groups is 1. The number of hydrogen-bond acceptors (Lipinski definition) is 6. The summed E-state index contributed by atoms with van der Waals surface area (Å²) < 4.78 is 27.2. The van der Waals surface area contributed by atoms with Crippen molar-refractivity contribution in [3.05, 3.63) is 41.0 Å². The topological polar surface area (TPSA) is 116 Å². The molecule has 1 saturated heterocycles. The molecule has 0 radical (unpaired) electrons. The summed E-state index contributed by atoms with van der Waals surface area (Å²) in [7, 11) is -3.75. The molecule has 2 aromatic heterocycles. The number of fused-ring (bicyclic) bond motifs is 1. The molecule has 136 valence electrons. The van der Waals surface area contributed by atoms with Crippen molar-refractivity contribution in [3.8, 4) is 0 Å². The van der Waals surface area contributed by atoms with Gasteiger partial charge in [-0.2, -0.15) is 9.40 Å². The average molecular weight is 375 g/mol. The number of sulfonamides is 1. The molecule has 0 bridgehead atoms. The molecular formula is C16H17N5O4S. The van der Waals surface area contributed by atoms with Crippen molar-refractivity contribution in [2.24, 2.45) is 0 Å². The van der Waals surface area contributed by atoms with Crippen LogP contribution in [0.4, 0.5) is 0 Å². The lowest BCUT2D eigenvalue weighted by Gasteiger charge is -2.22. The first-order valence-electron chi connectivity index (χ1n) is 8.17. The molecule has 2 amide bonds. The van der Waals surface area contributed by atoms with E-state index in [0.717, 1.165) is 4.90 Å². The second-order valence-electron chi connectivity index (χ2n) is 6.45. The number of pyridine rings is 1. The van der Waals surface area contributed by atoms with E-state index in [1.165, 1.54) is 10.5 Å². The summed E-state index contributed by atoms with van der Waals surface area (Å²) >= 11 is 0. The minimum absolute atomic E-state index is 0.0673. The van der Waals surface area contributed by atoms with E-state index in [-0.39, 0.29) is 29.2 Å². The van der Waals surface area contributed by atoms with Gasteiger partial charge >= 0.3 is 0 Å². The van der Waals surface area contributed by atoms with Crippen LogP contribution in [0.2, 0.25) is 0 Å². The Bertz CT molecular complexity index is 975. The van der Waals surface area contributed by atoms with Crippen LogP contribution in [-0.2, 0) is 10.0 Å². The van der Waals surface area contributed by atoms with Crippen molar-refractivity contribution in [3.63, 3.8) is 0 Å². The number of amides is 2. The zero-order valence-corrected chi connectivity index (χ0v) is 15.1. The maximum Gasteiger partial charge on any atom is 0.280 e. The first-order chi connectivity index (χ1) is 12.3. The number of nitrogens with zero attached hydrogens (tertiary/aromatic N) is 4. The molecular weight excluding hydrogens is 358 g/mol. The standard InChI is InChI=1S/C16H17N5O4S/c1-9-14(10(2)19-18-9)26(24,25)20-7-5-11(8-20)21-15(22)12-4-3-6-17-13(12)16(21)23/h3-4,6,11H,5,7-8H2,1-2H3,(H,18,19). The van der Waals surface area contributed by atoms with Gasteiger partial charge in [0.15, 0.2) is 0 Å². The van der Waals surface area contributed by atoms with Crippen molar-refractivity contribution in [1.82, 2.24) is 24.4 Å². The first-order valence-corrected chi connectivity index (χ1v) is 9.61. The summed E-state index contributed by atoms with van der Waals surface area (Å²) in [4.78, 5) is 30.4. The Balaban J connectivity index is 1.61. The van der Waals surface area contributed by atoms with E-state index in [4.69, 9.17) is 0 Å². The summed E-state index contributed by atoms with van der Waals surface area (Å²) in [6.07, 6.45) is 1.85. The monoisotopic (exact) mass is 375 g/mol. The molecule has 10 heteroatoms. The fourth-order valence-corrected chi connectivity index (χ4v) is 5.43. The van der Waals surface area contributed by atoms with Gasteiger partial charge in [-0.05, 0) is 32.4 Å². The number of H-pyrrole nitrogens is 1. The van der Waals surface area contributed by atoms with Gasteiger partial charge in [0.2, 0.25) is 10.0 Å². The van der Waals surface area contributed by atoms with Crippen LogP contribution in [0.5, 0.6) is 0 Å². The van der Waals surface area contributed by atoms with Crippen LogP contribution in [0.1, 0.15) is 38.7 Å². The number of aryl methyl sites for hydroxylation is 2. The second-order valence-corrected chi connectivity index (χ2v) is 8.32. The number of aromatic amines is 1. The molecule has 2 aliphatic heterocycles. The number of carbonyl (C=O) groups excluding carboxylic acids is 2. The van der Waals surface area contributed by atoms with E-state index in [2.05, 4.69) is 15.2 Å². The summed E-state index contributed by atoms with van der Waals surface area (Å²) in [6, 6.07) is 2.65. The van der Waals surface area contributed by atoms with Gasteiger partial charge in [0.25, 0.3) is 11.8 Å². The largest absolute Gasteiger partial charge is 0.281 e. The Morgan fingerprint density at radius 3 is 2.65 bits per heavy atom. The van der Waals surface area contributed by atoms with Crippen LogP contribution in [-0.4, -0.2) is 63.7 Å². The molecule has 26 heavy (non-hydrogen) atoms. The Kier molecular flexibility index (Phi) is 3.70. The van der Waals surface area contributed by atoms with Crippen LogP contribution >= 0.6 is 0 Å². The molecule has 1 atom stereocenters. The van der Waals surface area contributed by atoms with Crippen LogP contribution < -0.4 is 0 Å². The van der Waals surface area contributed by atoms with Gasteiger partial charge in [0.1, 0.15) is 10.6 Å². The van der Waals surface area contributed by atoms with Crippen LogP contribution in [0.25, 0.3) is 0 Å². The summed E-state index contributed by atoms with van der Waals surface area (Å²) in [5.41, 5.74) is 1.26. The van der Waals surface area contributed by atoms with Gasteiger partial charge in [-0.1, -0.05) is 0 Å². The third kappa shape index (κ3) is 2.29. The average Bonchev–Trinajstić information content (AvgIpc) is 3.27. The van der Waals surface area contributed by atoms with E-state index in [9.17, 15) is 18.0 Å². The molecule has 0 aliphatic carbocycles. The second kappa shape index (κ2) is 5.71. The van der Waals surface area contributed by atoms with Gasteiger partial charge in [0, 0.05) is 19.3 Å². The molecule has 1 fully saturated rings. The lowest BCUT2D eigenvalue weighted by Crippen LogP contribution is -2.42. The van der Waals surface area contributed by atoms with Gasteiger partial charge in [0.05, 0.1) is 23.0 Å². The molecule has 0 saturated carbocycles. The quantitative estimate of drug-likeness (QED) is 0.780.